The number of aromatic carboxylic acids is 1. The van der Waals surface area contributed by atoms with Crippen molar-refractivity contribution in [1.29, 1.82) is 0 Å². The number of ether oxygens (including phenoxy) is 1. The van der Waals surface area contributed by atoms with Gasteiger partial charge in [-0.05, 0) is 12.1 Å². The van der Waals surface area contributed by atoms with Crippen molar-refractivity contribution in [2.24, 2.45) is 0 Å². The highest BCUT2D eigenvalue weighted by molar-refractivity contribution is 5.88. The number of nitrogens with one attached hydrogen (secondary N) is 1. The molecule has 0 bridgehead atoms. The first-order valence-electron chi connectivity index (χ1n) is 4.90. The average molecular weight is 241 g/mol. The Bertz CT molecular complexity index is 433. The first kappa shape index (κ1) is 13.0. The maximum absolute atomic E-state index is 13.0. The predicted molar refractivity (Wildman–Crippen MR) is 57.5 cm³/mol. The minimum atomic E-state index is -1.24. The van der Waals surface area contributed by atoms with Gasteiger partial charge in [0.05, 0.1) is 18.6 Å². The molecule has 0 spiro atoms. The Kier molecular flexibility index (Phi) is 4.45. The van der Waals surface area contributed by atoms with E-state index in [1.54, 1.807) is 0 Å². The summed E-state index contributed by atoms with van der Waals surface area (Å²) in [6.45, 7) is 0.0577. The lowest BCUT2D eigenvalue weighted by atomic mass is 10.2. The van der Waals surface area contributed by atoms with Gasteiger partial charge in [0.15, 0.2) is 0 Å². The predicted octanol–water partition coefficient (Wildman–Crippen LogP) is 1.04. The van der Waals surface area contributed by atoms with Crippen LogP contribution in [0, 0.1) is 5.82 Å². The topological polar surface area (TPSA) is 75.6 Å². The normalized spacial score (nSPS) is 9.76. The van der Waals surface area contributed by atoms with Gasteiger partial charge in [-0.15, -0.1) is 0 Å². The van der Waals surface area contributed by atoms with E-state index in [0.29, 0.717) is 0 Å². The van der Waals surface area contributed by atoms with Gasteiger partial charge in [0.2, 0.25) is 5.91 Å². The summed E-state index contributed by atoms with van der Waals surface area (Å²) in [6.07, 6.45) is 0.120. The summed E-state index contributed by atoms with van der Waals surface area (Å²) < 4.78 is 18.1. The molecule has 1 aromatic rings. The average Bonchev–Trinajstić information content (AvgIpc) is 2.28. The summed E-state index contributed by atoms with van der Waals surface area (Å²) in [4.78, 5) is 21.5. The first-order chi connectivity index (χ1) is 8.02. The van der Waals surface area contributed by atoms with Crippen LogP contribution >= 0.6 is 0 Å². The van der Waals surface area contributed by atoms with E-state index in [4.69, 9.17) is 9.84 Å². The zero-order valence-corrected chi connectivity index (χ0v) is 9.20. The van der Waals surface area contributed by atoms with Crippen molar-refractivity contribution < 1.29 is 23.8 Å². The van der Waals surface area contributed by atoms with Crippen LogP contribution in [0.4, 0.5) is 4.39 Å². The number of rotatable bonds is 5. The number of amides is 1. The fourth-order valence-corrected chi connectivity index (χ4v) is 1.16. The number of carboxylic acid groups (broad SMARTS) is 1. The first-order valence-corrected chi connectivity index (χ1v) is 4.90. The van der Waals surface area contributed by atoms with Gasteiger partial charge in [0.25, 0.3) is 0 Å². The number of hydrogen-bond acceptors (Lipinski definition) is 3. The summed E-state index contributed by atoms with van der Waals surface area (Å²) in [7, 11) is 1.49. The molecule has 0 aliphatic rings. The molecular formula is C11H12FNO4. The van der Waals surface area contributed by atoms with Crippen molar-refractivity contribution >= 4 is 11.9 Å². The Hall–Kier alpha value is -2.11. The van der Waals surface area contributed by atoms with Crippen LogP contribution < -0.4 is 10.1 Å². The van der Waals surface area contributed by atoms with Crippen LogP contribution in [-0.2, 0) is 4.79 Å². The van der Waals surface area contributed by atoms with Gasteiger partial charge in [-0.25, -0.2) is 9.18 Å². The standard InChI is InChI=1S/C11H12FNO4/c1-13-10(14)2-3-17-9-5-7(11(15)16)4-8(12)6-9/h4-6H,2-3H2,1H3,(H,13,14)(H,15,16). The Balaban J connectivity index is 2.65. The van der Waals surface area contributed by atoms with Gasteiger partial charge in [-0.3, -0.25) is 4.79 Å². The molecule has 0 saturated carbocycles. The number of carbonyl (C=O) groups excluding carboxylic acids is 1. The van der Waals surface area contributed by atoms with Crippen molar-refractivity contribution in [2.45, 2.75) is 6.42 Å². The van der Waals surface area contributed by atoms with Crippen LogP contribution in [0.15, 0.2) is 18.2 Å². The van der Waals surface area contributed by atoms with Crippen molar-refractivity contribution in [3.63, 3.8) is 0 Å². The molecule has 92 valence electrons. The lowest BCUT2D eigenvalue weighted by Gasteiger charge is -2.06. The van der Waals surface area contributed by atoms with E-state index in [9.17, 15) is 14.0 Å². The molecule has 5 nitrogen and oxygen atoms in total. The Labute approximate surface area is 97.2 Å². The SMILES string of the molecule is CNC(=O)CCOc1cc(F)cc(C(=O)O)c1. The Morgan fingerprint density at radius 1 is 1.41 bits per heavy atom. The maximum atomic E-state index is 13.0. The van der Waals surface area contributed by atoms with Crippen LogP contribution in [0.3, 0.4) is 0 Å². The zero-order chi connectivity index (χ0) is 12.8. The lowest BCUT2D eigenvalue weighted by molar-refractivity contribution is -0.121. The molecule has 0 saturated heterocycles. The van der Waals surface area contributed by atoms with Gasteiger partial charge in [0, 0.05) is 13.1 Å². The van der Waals surface area contributed by atoms with E-state index in [0.717, 1.165) is 12.1 Å². The molecule has 0 unspecified atom stereocenters. The number of hydrogen-bond donors (Lipinski definition) is 2. The third-order valence-corrected chi connectivity index (χ3v) is 1.99. The summed E-state index contributed by atoms with van der Waals surface area (Å²) >= 11 is 0. The minimum absolute atomic E-state index is 0.0577. The summed E-state index contributed by atoms with van der Waals surface area (Å²) in [5.41, 5.74) is -0.194. The number of halogens is 1. The summed E-state index contributed by atoms with van der Waals surface area (Å²) in [5, 5.41) is 11.1. The lowest BCUT2D eigenvalue weighted by Crippen LogP contribution is -2.20. The third kappa shape index (κ3) is 4.10. The molecule has 0 aliphatic carbocycles. The van der Waals surface area contributed by atoms with Crippen LogP contribution in [0.25, 0.3) is 0 Å². The van der Waals surface area contributed by atoms with Crippen LogP contribution in [0.1, 0.15) is 16.8 Å². The monoisotopic (exact) mass is 241 g/mol. The molecule has 1 aromatic carbocycles. The van der Waals surface area contributed by atoms with Crippen molar-refractivity contribution in [3.05, 3.63) is 29.6 Å². The molecule has 6 heteroatoms. The number of carbonyl (C=O) groups is 2. The second kappa shape index (κ2) is 5.83. The second-order valence-electron chi connectivity index (χ2n) is 3.25. The zero-order valence-electron chi connectivity index (χ0n) is 9.20. The van der Waals surface area contributed by atoms with E-state index in [2.05, 4.69) is 5.32 Å². The molecule has 0 radical (unpaired) electrons. The highest BCUT2D eigenvalue weighted by Gasteiger charge is 2.08. The second-order valence-corrected chi connectivity index (χ2v) is 3.25. The molecule has 0 atom stereocenters. The van der Waals surface area contributed by atoms with E-state index in [1.807, 2.05) is 0 Å². The van der Waals surface area contributed by atoms with E-state index >= 15 is 0 Å². The minimum Gasteiger partial charge on any atom is -0.493 e. The molecule has 0 fully saturated rings. The molecule has 17 heavy (non-hydrogen) atoms. The van der Waals surface area contributed by atoms with Gasteiger partial charge in [-0.2, -0.15) is 0 Å². The van der Waals surface area contributed by atoms with E-state index in [1.165, 1.54) is 13.1 Å². The maximum Gasteiger partial charge on any atom is 0.335 e. The third-order valence-electron chi connectivity index (χ3n) is 1.99. The van der Waals surface area contributed by atoms with Gasteiger partial charge < -0.3 is 15.2 Å². The molecular weight excluding hydrogens is 229 g/mol. The molecule has 0 aliphatic heterocycles. The largest absolute Gasteiger partial charge is 0.493 e. The molecule has 2 N–H and O–H groups in total. The quantitative estimate of drug-likeness (QED) is 0.807. The van der Waals surface area contributed by atoms with Gasteiger partial charge >= 0.3 is 5.97 Å². The molecule has 0 heterocycles. The van der Waals surface area contributed by atoms with Crippen LogP contribution in [-0.4, -0.2) is 30.6 Å². The van der Waals surface area contributed by atoms with Crippen LogP contribution in [0.5, 0.6) is 5.75 Å². The number of carboxylic acids is 1. The smallest absolute Gasteiger partial charge is 0.335 e. The van der Waals surface area contributed by atoms with Crippen molar-refractivity contribution in [3.8, 4) is 5.75 Å². The Morgan fingerprint density at radius 2 is 2.12 bits per heavy atom. The number of benzene rings is 1. The summed E-state index contributed by atoms with van der Waals surface area (Å²) in [5.74, 6) is -2.05. The highest BCUT2D eigenvalue weighted by Crippen LogP contribution is 2.16. The van der Waals surface area contributed by atoms with Crippen molar-refractivity contribution in [1.82, 2.24) is 5.32 Å². The molecule has 1 rings (SSSR count). The van der Waals surface area contributed by atoms with Crippen LogP contribution in [0.2, 0.25) is 0 Å². The fourth-order valence-electron chi connectivity index (χ4n) is 1.16. The molecule has 0 aromatic heterocycles. The summed E-state index contributed by atoms with van der Waals surface area (Å²) in [6, 6.07) is 3.17. The Morgan fingerprint density at radius 3 is 2.71 bits per heavy atom. The van der Waals surface area contributed by atoms with E-state index in [-0.39, 0.29) is 30.2 Å². The molecule has 1 amide bonds. The van der Waals surface area contributed by atoms with Crippen molar-refractivity contribution in [2.75, 3.05) is 13.7 Å². The highest BCUT2D eigenvalue weighted by atomic mass is 19.1. The van der Waals surface area contributed by atoms with Gasteiger partial charge in [0.1, 0.15) is 11.6 Å². The van der Waals surface area contributed by atoms with Gasteiger partial charge in [-0.1, -0.05) is 0 Å². The fraction of sp³-hybridized carbons (Fsp3) is 0.273. The van der Waals surface area contributed by atoms with E-state index < -0.39 is 11.8 Å².